The van der Waals surface area contributed by atoms with Gasteiger partial charge in [-0.05, 0) is 43.2 Å². The molecule has 5 nitrogen and oxygen atoms in total. The van der Waals surface area contributed by atoms with Crippen molar-refractivity contribution in [3.63, 3.8) is 0 Å². The maximum atomic E-state index is 12.1. The first-order valence-corrected chi connectivity index (χ1v) is 8.85. The van der Waals surface area contributed by atoms with E-state index < -0.39 is 0 Å². The molecule has 1 amide bonds. The lowest BCUT2D eigenvalue weighted by molar-refractivity contribution is 0.0951. The molecule has 1 aliphatic rings. The number of hydrogen-bond donors (Lipinski definition) is 1. The van der Waals surface area contributed by atoms with E-state index >= 15 is 0 Å². The van der Waals surface area contributed by atoms with Gasteiger partial charge in [-0.15, -0.1) is 11.3 Å². The maximum Gasteiger partial charge on any atom is 0.268 e. The third-order valence-corrected chi connectivity index (χ3v) is 5.07. The monoisotopic (exact) mass is 359 g/mol. The van der Waals surface area contributed by atoms with Gasteiger partial charge >= 0.3 is 0 Å². The first kappa shape index (κ1) is 15.4. The zero-order valence-corrected chi connectivity index (χ0v) is 14.2. The number of benzene rings is 1. The van der Waals surface area contributed by atoms with Crippen molar-refractivity contribution in [1.29, 1.82) is 0 Å². The second-order valence-electron chi connectivity index (χ2n) is 5.69. The van der Waals surface area contributed by atoms with E-state index in [0.717, 1.165) is 28.4 Å². The number of halogens is 1. The van der Waals surface area contributed by atoms with Crippen molar-refractivity contribution in [2.75, 3.05) is 0 Å². The Kier molecular flexibility index (Phi) is 4.08. The van der Waals surface area contributed by atoms with Crippen LogP contribution in [0.4, 0.5) is 0 Å². The van der Waals surface area contributed by atoms with Gasteiger partial charge in [-0.25, -0.2) is 0 Å². The summed E-state index contributed by atoms with van der Waals surface area (Å²) in [5.41, 5.74) is 0.547. The van der Waals surface area contributed by atoms with Crippen molar-refractivity contribution in [1.82, 2.24) is 15.5 Å². The van der Waals surface area contributed by atoms with Crippen LogP contribution >= 0.6 is 22.9 Å². The van der Waals surface area contributed by atoms with Crippen molar-refractivity contribution >= 4 is 28.8 Å². The van der Waals surface area contributed by atoms with E-state index in [-0.39, 0.29) is 5.91 Å². The third kappa shape index (κ3) is 3.34. The number of nitrogens with zero attached hydrogens (tertiary/aromatic N) is 2. The Hall–Kier alpha value is -2.18. The average molecular weight is 360 g/mol. The van der Waals surface area contributed by atoms with Crippen molar-refractivity contribution in [2.45, 2.75) is 25.3 Å². The minimum absolute atomic E-state index is 0.152. The summed E-state index contributed by atoms with van der Waals surface area (Å²) in [6.45, 7) is 0.444. The predicted molar refractivity (Wildman–Crippen MR) is 92.2 cm³/mol. The summed E-state index contributed by atoms with van der Waals surface area (Å²) in [4.78, 5) is 18.5. The van der Waals surface area contributed by atoms with E-state index in [9.17, 15) is 4.79 Å². The van der Waals surface area contributed by atoms with Crippen molar-refractivity contribution in [2.24, 2.45) is 0 Å². The van der Waals surface area contributed by atoms with Crippen LogP contribution in [0.5, 0.6) is 0 Å². The van der Waals surface area contributed by atoms with Crippen LogP contribution in [0.3, 0.4) is 0 Å². The quantitative estimate of drug-likeness (QED) is 0.739. The maximum absolute atomic E-state index is 12.1. The highest BCUT2D eigenvalue weighted by Gasteiger charge is 2.29. The number of thiophene rings is 1. The van der Waals surface area contributed by atoms with E-state index in [1.165, 1.54) is 11.3 Å². The average Bonchev–Trinajstić information content (AvgIpc) is 3.13. The summed E-state index contributed by atoms with van der Waals surface area (Å²) < 4.78 is 5.32. The summed E-state index contributed by atoms with van der Waals surface area (Å²) in [5.74, 6) is 1.67. The molecule has 1 aliphatic carbocycles. The highest BCUT2D eigenvalue weighted by atomic mass is 35.5. The van der Waals surface area contributed by atoms with E-state index in [0.29, 0.717) is 28.9 Å². The summed E-state index contributed by atoms with van der Waals surface area (Å²) in [5, 5.41) is 7.46. The molecule has 7 heteroatoms. The Morgan fingerprint density at radius 3 is 3.00 bits per heavy atom. The zero-order valence-electron chi connectivity index (χ0n) is 12.7. The summed E-state index contributed by atoms with van der Waals surface area (Å²) in [6, 6.07) is 10.8. The van der Waals surface area contributed by atoms with Gasteiger partial charge in [0, 0.05) is 21.4 Å². The molecule has 0 aliphatic heterocycles. The number of rotatable bonds is 5. The Balaban J connectivity index is 1.40. The fourth-order valence-corrected chi connectivity index (χ4v) is 3.39. The van der Waals surface area contributed by atoms with Gasteiger partial charge in [0.2, 0.25) is 0 Å². The van der Waals surface area contributed by atoms with Crippen molar-refractivity contribution in [3.05, 3.63) is 57.7 Å². The number of nitrogens with one attached hydrogen (secondary N) is 1. The molecule has 24 heavy (non-hydrogen) atoms. The minimum Gasteiger partial charge on any atom is -0.347 e. The molecule has 0 radical (unpaired) electrons. The van der Waals surface area contributed by atoms with Gasteiger partial charge in [-0.3, -0.25) is 4.79 Å². The van der Waals surface area contributed by atoms with E-state index in [4.69, 9.17) is 16.1 Å². The van der Waals surface area contributed by atoms with Crippen LogP contribution in [0.2, 0.25) is 5.02 Å². The van der Waals surface area contributed by atoms with Crippen LogP contribution in [-0.4, -0.2) is 16.0 Å². The van der Waals surface area contributed by atoms with Gasteiger partial charge in [-0.2, -0.15) is 4.98 Å². The Labute approximate surface area is 147 Å². The summed E-state index contributed by atoms with van der Waals surface area (Å²) in [7, 11) is 0. The number of carbonyl (C=O) groups is 1. The molecule has 0 atom stereocenters. The SMILES string of the molecule is O=C(NCc1ccc(-c2nc(C3CC3)no2)s1)c1cccc(Cl)c1. The normalized spacial score (nSPS) is 13.9. The van der Waals surface area contributed by atoms with E-state index in [1.54, 1.807) is 24.3 Å². The Bertz CT molecular complexity index is 885. The molecule has 0 saturated heterocycles. The van der Waals surface area contributed by atoms with Crippen LogP contribution < -0.4 is 5.32 Å². The Morgan fingerprint density at radius 1 is 1.33 bits per heavy atom. The highest BCUT2D eigenvalue weighted by Crippen LogP contribution is 2.39. The molecule has 0 unspecified atom stereocenters. The topological polar surface area (TPSA) is 68.0 Å². The predicted octanol–water partition coefficient (Wildman–Crippen LogP) is 4.26. The van der Waals surface area contributed by atoms with Gasteiger partial charge in [0.1, 0.15) is 0 Å². The number of carbonyl (C=O) groups excluding carboxylic acids is 1. The van der Waals surface area contributed by atoms with Gasteiger partial charge in [0.15, 0.2) is 5.82 Å². The zero-order chi connectivity index (χ0) is 16.5. The minimum atomic E-state index is -0.152. The molecular formula is C17H14ClN3O2S. The van der Waals surface area contributed by atoms with Crippen LogP contribution in [0.15, 0.2) is 40.9 Å². The summed E-state index contributed by atoms with van der Waals surface area (Å²) in [6.07, 6.45) is 2.29. The largest absolute Gasteiger partial charge is 0.347 e. The summed E-state index contributed by atoms with van der Waals surface area (Å²) >= 11 is 7.44. The molecule has 122 valence electrons. The second-order valence-corrected chi connectivity index (χ2v) is 7.30. The van der Waals surface area contributed by atoms with Crippen LogP contribution in [0.25, 0.3) is 10.8 Å². The molecule has 1 saturated carbocycles. The fraction of sp³-hybridized carbons (Fsp3) is 0.235. The molecule has 2 aromatic heterocycles. The number of amides is 1. The molecule has 1 fully saturated rings. The highest BCUT2D eigenvalue weighted by molar-refractivity contribution is 7.15. The second kappa shape index (κ2) is 6.37. The molecule has 1 aromatic carbocycles. The first-order valence-electron chi connectivity index (χ1n) is 7.65. The van der Waals surface area contributed by atoms with E-state index in [2.05, 4.69) is 15.5 Å². The van der Waals surface area contributed by atoms with E-state index in [1.807, 2.05) is 12.1 Å². The molecular weight excluding hydrogens is 346 g/mol. The van der Waals surface area contributed by atoms with Gasteiger partial charge < -0.3 is 9.84 Å². The molecule has 3 aromatic rings. The van der Waals surface area contributed by atoms with Gasteiger partial charge in [0.05, 0.1) is 11.4 Å². The van der Waals surface area contributed by atoms with Crippen LogP contribution in [-0.2, 0) is 6.54 Å². The molecule has 0 spiro atoms. The lowest BCUT2D eigenvalue weighted by Crippen LogP contribution is -2.22. The lowest BCUT2D eigenvalue weighted by Gasteiger charge is -2.03. The Morgan fingerprint density at radius 2 is 2.21 bits per heavy atom. The third-order valence-electron chi connectivity index (χ3n) is 3.77. The smallest absolute Gasteiger partial charge is 0.268 e. The fourth-order valence-electron chi connectivity index (χ4n) is 2.33. The lowest BCUT2D eigenvalue weighted by atomic mass is 10.2. The van der Waals surface area contributed by atoms with Crippen molar-refractivity contribution < 1.29 is 9.32 Å². The van der Waals surface area contributed by atoms with Crippen LogP contribution in [0, 0.1) is 0 Å². The molecule has 0 bridgehead atoms. The van der Waals surface area contributed by atoms with Gasteiger partial charge in [-0.1, -0.05) is 22.8 Å². The first-order chi connectivity index (χ1) is 11.7. The molecule has 4 rings (SSSR count). The molecule has 1 N–H and O–H groups in total. The molecule has 2 heterocycles. The van der Waals surface area contributed by atoms with Gasteiger partial charge in [0.25, 0.3) is 11.8 Å². The number of hydrogen-bond acceptors (Lipinski definition) is 5. The van der Waals surface area contributed by atoms with Crippen molar-refractivity contribution in [3.8, 4) is 10.8 Å². The standard InChI is InChI=1S/C17H14ClN3O2S/c18-12-3-1-2-11(8-12)16(22)19-9-13-6-7-14(24-13)17-20-15(21-23-17)10-4-5-10/h1-3,6-8,10H,4-5,9H2,(H,19,22). The van der Waals surface area contributed by atoms with Crippen LogP contribution in [0.1, 0.15) is 39.8 Å². The number of aromatic nitrogens is 2.